The zero-order valence-electron chi connectivity index (χ0n) is 12.7. The van der Waals surface area contributed by atoms with Crippen molar-refractivity contribution in [1.29, 1.82) is 0 Å². The minimum Gasteiger partial charge on any atom is -0.481 e. The Morgan fingerprint density at radius 3 is 2.58 bits per heavy atom. The fourth-order valence-electron chi connectivity index (χ4n) is 2.67. The van der Waals surface area contributed by atoms with Crippen molar-refractivity contribution in [1.82, 2.24) is 9.97 Å². The van der Waals surface area contributed by atoms with Crippen LogP contribution in [0.5, 0.6) is 0 Å². The Kier molecular flexibility index (Phi) is 5.06. The number of anilines is 3. The van der Waals surface area contributed by atoms with Crippen LogP contribution < -0.4 is 10.2 Å². The van der Waals surface area contributed by atoms with E-state index in [1.807, 2.05) is 12.1 Å². The maximum Gasteiger partial charge on any atom is 0.306 e. The molecule has 0 unspecified atom stereocenters. The Bertz CT molecular complexity index is 749. The number of piperidine rings is 1. The van der Waals surface area contributed by atoms with Crippen molar-refractivity contribution in [3.63, 3.8) is 0 Å². The van der Waals surface area contributed by atoms with E-state index in [1.54, 1.807) is 12.1 Å². The van der Waals surface area contributed by atoms with Crippen molar-refractivity contribution in [2.24, 2.45) is 5.92 Å². The molecular weight excluding hydrogens is 351 g/mol. The predicted octanol–water partition coefficient (Wildman–Crippen LogP) is 3.83. The number of nitrogens with one attached hydrogen (secondary N) is 1. The Balaban J connectivity index is 1.70. The third-order valence-corrected chi connectivity index (χ3v) is 4.75. The van der Waals surface area contributed by atoms with Crippen LogP contribution in [-0.2, 0) is 4.79 Å². The van der Waals surface area contributed by atoms with Crippen LogP contribution in [0.3, 0.4) is 0 Å². The average molecular weight is 367 g/mol. The molecule has 0 atom stereocenters. The molecule has 0 amide bonds. The van der Waals surface area contributed by atoms with Crippen molar-refractivity contribution in [3.05, 3.63) is 40.6 Å². The van der Waals surface area contributed by atoms with Gasteiger partial charge in [0.1, 0.15) is 18.0 Å². The van der Waals surface area contributed by atoms with Crippen molar-refractivity contribution < 1.29 is 9.90 Å². The molecular formula is C16H16Cl2N4O2. The summed E-state index contributed by atoms with van der Waals surface area (Å²) in [5, 5.41) is 13.2. The summed E-state index contributed by atoms with van der Waals surface area (Å²) < 4.78 is 0. The van der Waals surface area contributed by atoms with E-state index in [0.717, 1.165) is 11.5 Å². The van der Waals surface area contributed by atoms with Gasteiger partial charge < -0.3 is 15.3 Å². The highest BCUT2D eigenvalue weighted by molar-refractivity contribution is 6.42. The van der Waals surface area contributed by atoms with E-state index in [4.69, 9.17) is 28.3 Å². The lowest BCUT2D eigenvalue weighted by molar-refractivity contribution is -0.142. The summed E-state index contributed by atoms with van der Waals surface area (Å²) in [5.41, 5.74) is 0.777. The molecule has 6 nitrogen and oxygen atoms in total. The lowest BCUT2D eigenvalue weighted by Gasteiger charge is -2.31. The van der Waals surface area contributed by atoms with Gasteiger partial charge in [-0.1, -0.05) is 23.2 Å². The van der Waals surface area contributed by atoms with Gasteiger partial charge in [0, 0.05) is 24.8 Å². The smallest absolute Gasteiger partial charge is 0.306 e. The molecule has 3 rings (SSSR count). The molecule has 0 bridgehead atoms. The third-order valence-electron chi connectivity index (χ3n) is 4.01. The molecule has 8 heteroatoms. The number of hydrogen-bond acceptors (Lipinski definition) is 5. The minimum absolute atomic E-state index is 0.267. The molecule has 2 heterocycles. The van der Waals surface area contributed by atoms with E-state index in [-0.39, 0.29) is 5.92 Å². The quantitative estimate of drug-likeness (QED) is 0.855. The highest BCUT2D eigenvalue weighted by Crippen LogP contribution is 2.28. The second-order valence-corrected chi connectivity index (χ2v) is 6.43. The highest BCUT2D eigenvalue weighted by atomic mass is 35.5. The molecule has 0 radical (unpaired) electrons. The van der Waals surface area contributed by atoms with E-state index in [1.165, 1.54) is 6.33 Å². The van der Waals surface area contributed by atoms with Gasteiger partial charge in [0.2, 0.25) is 0 Å². The van der Waals surface area contributed by atoms with Gasteiger partial charge in [-0.3, -0.25) is 4.79 Å². The maximum absolute atomic E-state index is 11.0. The number of halogens is 2. The van der Waals surface area contributed by atoms with E-state index < -0.39 is 5.97 Å². The van der Waals surface area contributed by atoms with Crippen molar-refractivity contribution in [3.8, 4) is 0 Å². The van der Waals surface area contributed by atoms with Crippen LogP contribution in [-0.4, -0.2) is 34.1 Å². The molecule has 1 aliphatic heterocycles. The number of carboxylic acid groups (broad SMARTS) is 1. The predicted molar refractivity (Wildman–Crippen MR) is 94.3 cm³/mol. The average Bonchev–Trinajstić information content (AvgIpc) is 2.58. The first-order valence-corrected chi connectivity index (χ1v) is 8.30. The van der Waals surface area contributed by atoms with Crippen LogP contribution in [0.1, 0.15) is 12.8 Å². The minimum atomic E-state index is -0.723. The van der Waals surface area contributed by atoms with E-state index in [9.17, 15) is 4.79 Å². The fraction of sp³-hybridized carbons (Fsp3) is 0.312. The number of aromatic nitrogens is 2. The van der Waals surface area contributed by atoms with Gasteiger partial charge in [0.15, 0.2) is 0 Å². The van der Waals surface area contributed by atoms with Crippen molar-refractivity contribution in [2.75, 3.05) is 23.3 Å². The first-order chi connectivity index (χ1) is 11.5. The summed E-state index contributed by atoms with van der Waals surface area (Å²) in [7, 11) is 0. The van der Waals surface area contributed by atoms with Gasteiger partial charge in [-0.25, -0.2) is 9.97 Å². The van der Waals surface area contributed by atoms with Gasteiger partial charge in [0.25, 0.3) is 0 Å². The zero-order chi connectivity index (χ0) is 17.1. The lowest BCUT2D eigenvalue weighted by Crippen LogP contribution is -2.36. The molecule has 2 aromatic rings. The molecule has 24 heavy (non-hydrogen) atoms. The Morgan fingerprint density at radius 2 is 1.92 bits per heavy atom. The van der Waals surface area contributed by atoms with E-state index in [2.05, 4.69) is 20.2 Å². The van der Waals surface area contributed by atoms with Crippen LogP contribution >= 0.6 is 23.2 Å². The Hall–Kier alpha value is -2.05. The summed E-state index contributed by atoms with van der Waals surface area (Å²) >= 11 is 11.9. The van der Waals surface area contributed by atoms with Gasteiger partial charge in [-0.15, -0.1) is 0 Å². The normalized spacial score (nSPS) is 15.3. The van der Waals surface area contributed by atoms with Crippen LogP contribution in [0.25, 0.3) is 0 Å². The summed E-state index contributed by atoms with van der Waals surface area (Å²) in [4.78, 5) is 21.6. The topological polar surface area (TPSA) is 78.4 Å². The number of carboxylic acids is 1. The van der Waals surface area contributed by atoms with Gasteiger partial charge in [-0.2, -0.15) is 0 Å². The summed E-state index contributed by atoms with van der Waals surface area (Å²) in [6.07, 6.45) is 2.72. The Labute approximate surface area is 149 Å². The van der Waals surface area contributed by atoms with Crippen LogP contribution in [0.15, 0.2) is 30.6 Å². The SMILES string of the molecule is O=C(O)C1CCN(c2cc(Nc3ccc(Cl)c(Cl)c3)ncn2)CC1. The zero-order valence-corrected chi connectivity index (χ0v) is 14.3. The number of benzene rings is 1. The molecule has 1 saturated heterocycles. The molecule has 1 aliphatic rings. The van der Waals surface area contributed by atoms with Crippen LogP contribution in [0.4, 0.5) is 17.3 Å². The maximum atomic E-state index is 11.0. The summed E-state index contributed by atoms with van der Waals surface area (Å²) in [5.74, 6) is 0.423. The second kappa shape index (κ2) is 7.23. The number of aliphatic carboxylic acids is 1. The highest BCUT2D eigenvalue weighted by Gasteiger charge is 2.25. The summed E-state index contributed by atoms with van der Waals surface area (Å²) in [6, 6.07) is 7.09. The van der Waals surface area contributed by atoms with Gasteiger partial charge in [0.05, 0.1) is 16.0 Å². The number of rotatable bonds is 4. The number of hydrogen-bond donors (Lipinski definition) is 2. The van der Waals surface area contributed by atoms with Crippen molar-refractivity contribution in [2.45, 2.75) is 12.8 Å². The third kappa shape index (κ3) is 3.88. The largest absolute Gasteiger partial charge is 0.481 e. The monoisotopic (exact) mass is 366 g/mol. The molecule has 2 N–H and O–H groups in total. The molecule has 0 saturated carbocycles. The second-order valence-electron chi connectivity index (χ2n) is 5.61. The molecule has 1 aromatic heterocycles. The molecule has 1 aromatic carbocycles. The standard InChI is InChI=1S/C16H16Cl2N4O2/c17-12-2-1-11(7-13(12)18)21-14-8-15(20-9-19-14)22-5-3-10(4-6-22)16(23)24/h1-2,7-10H,3-6H2,(H,23,24)(H,19,20,21). The first-order valence-electron chi connectivity index (χ1n) is 7.55. The van der Waals surface area contributed by atoms with Crippen LogP contribution in [0, 0.1) is 5.92 Å². The van der Waals surface area contributed by atoms with Gasteiger partial charge >= 0.3 is 5.97 Å². The molecule has 126 valence electrons. The summed E-state index contributed by atoms with van der Waals surface area (Å²) in [6.45, 7) is 1.33. The van der Waals surface area contributed by atoms with Crippen molar-refractivity contribution >= 4 is 46.5 Å². The number of carbonyl (C=O) groups is 1. The van der Waals surface area contributed by atoms with E-state index >= 15 is 0 Å². The Morgan fingerprint density at radius 1 is 1.17 bits per heavy atom. The molecule has 0 aliphatic carbocycles. The van der Waals surface area contributed by atoms with E-state index in [0.29, 0.717) is 41.8 Å². The molecule has 1 fully saturated rings. The van der Waals surface area contributed by atoms with Gasteiger partial charge in [-0.05, 0) is 31.0 Å². The molecule has 0 spiro atoms. The van der Waals surface area contributed by atoms with Crippen LogP contribution in [0.2, 0.25) is 10.0 Å². The lowest BCUT2D eigenvalue weighted by atomic mass is 9.97. The number of nitrogens with zero attached hydrogens (tertiary/aromatic N) is 3. The first kappa shape index (κ1) is 16.8. The fourth-order valence-corrected chi connectivity index (χ4v) is 2.96.